The van der Waals surface area contributed by atoms with Gasteiger partial charge in [-0.2, -0.15) is 0 Å². The van der Waals surface area contributed by atoms with E-state index in [0.717, 1.165) is 11.1 Å². The monoisotopic (exact) mass is 252 g/mol. The Labute approximate surface area is 115 Å². The number of aliphatic hydroxyl groups is 1. The lowest BCUT2D eigenvalue weighted by atomic mass is 9.98. The van der Waals surface area contributed by atoms with Crippen molar-refractivity contribution in [3.8, 4) is 0 Å². The van der Waals surface area contributed by atoms with Gasteiger partial charge in [0.15, 0.2) is 0 Å². The molecule has 2 aromatic carbocycles. The summed E-state index contributed by atoms with van der Waals surface area (Å²) in [6.07, 6.45) is 4.22. The van der Waals surface area contributed by atoms with E-state index in [1.807, 2.05) is 24.3 Å². The average Bonchev–Trinajstić information content (AvgIpc) is 2.38. The molecule has 0 aliphatic rings. The van der Waals surface area contributed by atoms with E-state index in [9.17, 15) is 5.11 Å². The minimum atomic E-state index is 0.0758. The molecule has 0 unspecified atom stereocenters. The highest BCUT2D eigenvalue weighted by Crippen LogP contribution is 2.20. The number of hydrogen-bond acceptors (Lipinski definition) is 1. The Kier molecular flexibility index (Phi) is 4.18. The van der Waals surface area contributed by atoms with E-state index in [2.05, 4.69) is 45.1 Å². The summed E-state index contributed by atoms with van der Waals surface area (Å²) in [5.74, 6) is 0. The molecule has 0 saturated heterocycles. The van der Waals surface area contributed by atoms with Crippen LogP contribution in [-0.4, -0.2) is 5.11 Å². The standard InChI is InChI=1S/C18H20O/c1-13-10-14(2)18(15(3)11-13)9-8-16-6-4-5-7-17(16)12-19/h4-11,19H,12H2,1-3H3/b9-8+. The van der Waals surface area contributed by atoms with Crippen LogP contribution in [0.3, 0.4) is 0 Å². The molecule has 0 amide bonds. The molecular weight excluding hydrogens is 232 g/mol. The van der Waals surface area contributed by atoms with Crippen LogP contribution in [0.25, 0.3) is 12.2 Å². The van der Waals surface area contributed by atoms with E-state index >= 15 is 0 Å². The van der Waals surface area contributed by atoms with Gasteiger partial charge >= 0.3 is 0 Å². The van der Waals surface area contributed by atoms with Gasteiger partial charge in [-0.25, -0.2) is 0 Å². The SMILES string of the molecule is Cc1cc(C)c(/C=C/c2ccccc2CO)c(C)c1. The average molecular weight is 252 g/mol. The Balaban J connectivity index is 2.38. The first-order valence-corrected chi connectivity index (χ1v) is 6.56. The van der Waals surface area contributed by atoms with Crippen LogP contribution in [0.15, 0.2) is 36.4 Å². The summed E-state index contributed by atoms with van der Waals surface area (Å²) >= 11 is 0. The lowest BCUT2D eigenvalue weighted by molar-refractivity contribution is 0.281. The van der Waals surface area contributed by atoms with Crippen molar-refractivity contribution in [1.29, 1.82) is 0 Å². The molecule has 0 radical (unpaired) electrons. The zero-order chi connectivity index (χ0) is 13.8. The van der Waals surface area contributed by atoms with Gasteiger partial charge in [-0.15, -0.1) is 0 Å². The van der Waals surface area contributed by atoms with Gasteiger partial charge in [0.1, 0.15) is 0 Å². The molecule has 1 heteroatoms. The third-order valence-electron chi connectivity index (χ3n) is 3.39. The van der Waals surface area contributed by atoms with Crippen molar-refractivity contribution >= 4 is 12.2 Å². The Morgan fingerprint density at radius 1 is 0.947 bits per heavy atom. The summed E-state index contributed by atoms with van der Waals surface area (Å²) in [7, 11) is 0. The van der Waals surface area contributed by atoms with Gasteiger partial charge in [-0.1, -0.05) is 54.1 Å². The van der Waals surface area contributed by atoms with Gasteiger partial charge in [-0.3, -0.25) is 0 Å². The summed E-state index contributed by atoms with van der Waals surface area (Å²) in [5, 5.41) is 9.33. The van der Waals surface area contributed by atoms with Crippen molar-refractivity contribution in [1.82, 2.24) is 0 Å². The van der Waals surface area contributed by atoms with Crippen LogP contribution in [0.5, 0.6) is 0 Å². The van der Waals surface area contributed by atoms with Gasteiger partial charge in [0.05, 0.1) is 6.61 Å². The van der Waals surface area contributed by atoms with Crippen LogP contribution in [-0.2, 0) is 6.61 Å². The zero-order valence-corrected chi connectivity index (χ0v) is 11.8. The Morgan fingerprint density at radius 2 is 1.58 bits per heavy atom. The normalized spacial score (nSPS) is 11.2. The van der Waals surface area contributed by atoms with Crippen molar-refractivity contribution in [2.45, 2.75) is 27.4 Å². The fraction of sp³-hybridized carbons (Fsp3) is 0.222. The van der Waals surface area contributed by atoms with Crippen molar-refractivity contribution < 1.29 is 5.11 Å². The molecule has 0 aliphatic heterocycles. The van der Waals surface area contributed by atoms with Crippen LogP contribution in [0.1, 0.15) is 33.4 Å². The minimum Gasteiger partial charge on any atom is -0.392 e. The van der Waals surface area contributed by atoms with E-state index < -0.39 is 0 Å². The molecule has 0 aromatic heterocycles. The maximum Gasteiger partial charge on any atom is 0.0687 e. The molecule has 0 spiro atoms. The number of benzene rings is 2. The van der Waals surface area contributed by atoms with Gasteiger partial charge in [0.25, 0.3) is 0 Å². The van der Waals surface area contributed by atoms with Gasteiger partial charge in [-0.05, 0) is 48.6 Å². The van der Waals surface area contributed by atoms with Crippen molar-refractivity contribution in [3.63, 3.8) is 0 Å². The predicted molar refractivity (Wildman–Crippen MR) is 81.9 cm³/mol. The molecule has 2 rings (SSSR count). The molecule has 2 aromatic rings. The zero-order valence-electron chi connectivity index (χ0n) is 11.8. The third-order valence-corrected chi connectivity index (χ3v) is 3.39. The first-order valence-electron chi connectivity index (χ1n) is 6.56. The fourth-order valence-electron chi connectivity index (χ4n) is 2.47. The Hall–Kier alpha value is -1.86. The summed E-state index contributed by atoms with van der Waals surface area (Å²) in [6.45, 7) is 6.47. The molecule has 0 atom stereocenters. The van der Waals surface area contributed by atoms with Gasteiger partial charge < -0.3 is 5.11 Å². The van der Waals surface area contributed by atoms with Gasteiger partial charge in [0.2, 0.25) is 0 Å². The number of aryl methyl sites for hydroxylation is 3. The summed E-state index contributed by atoms with van der Waals surface area (Å²) in [5.41, 5.74) is 7.16. The second-order valence-corrected chi connectivity index (χ2v) is 5.00. The van der Waals surface area contributed by atoms with E-state index in [1.54, 1.807) is 0 Å². The van der Waals surface area contributed by atoms with Crippen LogP contribution in [0.4, 0.5) is 0 Å². The second kappa shape index (κ2) is 5.85. The van der Waals surface area contributed by atoms with Crippen LogP contribution >= 0.6 is 0 Å². The lowest BCUT2D eigenvalue weighted by Crippen LogP contribution is -1.90. The molecular formula is C18H20O. The van der Waals surface area contributed by atoms with Crippen molar-refractivity contribution in [2.75, 3.05) is 0 Å². The Morgan fingerprint density at radius 3 is 2.21 bits per heavy atom. The molecule has 0 bridgehead atoms. The highest BCUT2D eigenvalue weighted by Gasteiger charge is 2.01. The highest BCUT2D eigenvalue weighted by molar-refractivity contribution is 5.74. The maximum atomic E-state index is 9.33. The first kappa shape index (κ1) is 13.6. The topological polar surface area (TPSA) is 20.2 Å². The quantitative estimate of drug-likeness (QED) is 0.809. The van der Waals surface area contributed by atoms with Crippen molar-refractivity contribution in [3.05, 3.63) is 69.8 Å². The van der Waals surface area contributed by atoms with Crippen molar-refractivity contribution in [2.24, 2.45) is 0 Å². The van der Waals surface area contributed by atoms with E-state index in [0.29, 0.717) is 0 Å². The summed E-state index contributed by atoms with van der Waals surface area (Å²) in [6, 6.07) is 12.3. The molecule has 0 aliphatic carbocycles. The summed E-state index contributed by atoms with van der Waals surface area (Å²) < 4.78 is 0. The third kappa shape index (κ3) is 3.12. The molecule has 19 heavy (non-hydrogen) atoms. The van der Waals surface area contributed by atoms with Crippen LogP contribution < -0.4 is 0 Å². The van der Waals surface area contributed by atoms with E-state index in [4.69, 9.17) is 0 Å². The number of hydrogen-bond donors (Lipinski definition) is 1. The van der Waals surface area contributed by atoms with Crippen LogP contribution in [0.2, 0.25) is 0 Å². The Bertz CT molecular complexity index is 586. The molecule has 1 N–H and O–H groups in total. The fourth-order valence-corrected chi connectivity index (χ4v) is 2.47. The molecule has 1 nitrogen and oxygen atoms in total. The number of rotatable bonds is 3. The van der Waals surface area contributed by atoms with E-state index in [1.165, 1.54) is 22.3 Å². The van der Waals surface area contributed by atoms with Gasteiger partial charge in [0, 0.05) is 0 Å². The predicted octanol–water partition coefficient (Wildman–Crippen LogP) is 4.27. The van der Waals surface area contributed by atoms with E-state index in [-0.39, 0.29) is 6.61 Å². The smallest absolute Gasteiger partial charge is 0.0687 e. The molecule has 98 valence electrons. The summed E-state index contributed by atoms with van der Waals surface area (Å²) in [4.78, 5) is 0. The minimum absolute atomic E-state index is 0.0758. The number of aliphatic hydroxyl groups excluding tert-OH is 1. The highest BCUT2D eigenvalue weighted by atomic mass is 16.3. The van der Waals surface area contributed by atoms with Crippen LogP contribution in [0, 0.1) is 20.8 Å². The molecule has 0 saturated carbocycles. The maximum absolute atomic E-state index is 9.33. The first-order chi connectivity index (χ1) is 9.11. The lowest BCUT2D eigenvalue weighted by Gasteiger charge is -2.08. The second-order valence-electron chi connectivity index (χ2n) is 5.00. The molecule has 0 heterocycles. The molecule has 0 fully saturated rings. The largest absolute Gasteiger partial charge is 0.392 e.